The first-order valence-corrected chi connectivity index (χ1v) is 10.4. The number of hydrogen-bond acceptors (Lipinski definition) is 5. The highest BCUT2D eigenvalue weighted by Gasteiger charge is 2.26. The fourth-order valence-electron chi connectivity index (χ4n) is 2.90. The standard InChI is InChI=1S/C20H17ClFN3O4S/c1-29-15-9-14(10-24-11-15)25-30(27,28)19-13(3-2-4-16(19)20(23)26)7-12-5-6-17(21)18(22)8-12/h2-6,8-11,25H,7H2,1H3,(H2,23,26). The van der Waals surface area contributed by atoms with Crippen molar-refractivity contribution in [1.82, 2.24) is 4.98 Å². The number of benzene rings is 2. The number of carbonyl (C=O) groups is 1. The molecule has 0 radical (unpaired) electrons. The van der Waals surface area contributed by atoms with Crippen LogP contribution in [0.25, 0.3) is 0 Å². The highest BCUT2D eigenvalue weighted by molar-refractivity contribution is 7.92. The molecule has 30 heavy (non-hydrogen) atoms. The van der Waals surface area contributed by atoms with E-state index >= 15 is 0 Å². The van der Waals surface area contributed by atoms with Crippen molar-refractivity contribution in [3.05, 3.63) is 82.4 Å². The Bertz CT molecular complexity index is 1220. The fraction of sp³-hybridized carbons (Fsp3) is 0.100. The van der Waals surface area contributed by atoms with E-state index in [-0.39, 0.29) is 33.2 Å². The lowest BCUT2D eigenvalue weighted by Crippen LogP contribution is -2.22. The van der Waals surface area contributed by atoms with Gasteiger partial charge in [-0.1, -0.05) is 29.8 Å². The number of nitrogens with two attached hydrogens (primary N) is 1. The van der Waals surface area contributed by atoms with E-state index in [2.05, 4.69) is 9.71 Å². The maximum absolute atomic E-state index is 13.8. The van der Waals surface area contributed by atoms with Gasteiger partial charge in [-0.05, 0) is 35.7 Å². The van der Waals surface area contributed by atoms with Crippen molar-refractivity contribution < 1.29 is 22.3 Å². The number of ether oxygens (including phenoxy) is 1. The first-order chi connectivity index (χ1) is 14.2. The number of rotatable bonds is 7. The van der Waals surface area contributed by atoms with E-state index in [4.69, 9.17) is 22.1 Å². The summed E-state index contributed by atoms with van der Waals surface area (Å²) in [5.41, 5.74) is 6.09. The molecule has 0 aliphatic carbocycles. The van der Waals surface area contributed by atoms with Gasteiger partial charge in [-0.3, -0.25) is 14.5 Å². The number of amides is 1. The molecule has 1 aromatic heterocycles. The van der Waals surface area contributed by atoms with Crippen LogP contribution in [0.5, 0.6) is 5.75 Å². The van der Waals surface area contributed by atoms with Crippen molar-refractivity contribution in [2.75, 3.05) is 11.8 Å². The Balaban J connectivity index is 2.08. The third-order valence-corrected chi connectivity index (χ3v) is 6.04. The third-order valence-electron chi connectivity index (χ3n) is 4.21. The number of pyridine rings is 1. The number of anilines is 1. The molecule has 3 aromatic rings. The second-order valence-electron chi connectivity index (χ2n) is 6.30. The Morgan fingerprint density at radius 2 is 2.00 bits per heavy atom. The molecule has 0 aliphatic heterocycles. The van der Waals surface area contributed by atoms with Crippen LogP contribution in [0.4, 0.5) is 10.1 Å². The van der Waals surface area contributed by atoms with Gasteiger partial charge in [-0.25, -0.2) is 12.8 Å². The van der Waals surface area contributed by atoms with Gasteiger partial charge in [0.25, 0.3) is 10.0 Å². The molecular weight excluding hydrogens is 433 g/mol. The molecule has 0 spiro atoms. The van der Waals surface area contributed by atoms with Gasteiger partial charge < -0.3 is 10.5 Å². The zero-order valence-corrected chi connectivity index (χ0v) is 17.3. The second-order valence-corrected chi connectivity index (χ2v) is 8.33. The van der Waals surface area contributed by atoms with Gasteiger partial charge in [0.05, 0.1) is 35.8 Å². The number of primary amides is 1. The Labute approximate surface area is 177 Å². The summed E-state index contributed by atoms with van der Waals surface area (Å²) in [6.07, 6.45) is 2.73. The van der Waals surface area contributed by atoms with E-state index in [0.29, 0.717) is 11.3 Å². The number of sulfonamides is 1. The van der Waals surface area contributed by atoms with Crippen molar-refractivity contribution in [3.63, 3.8) is 0 Å². The topological polar surface area (TPSA) is 111 Å². The van der Waals surface area contributed by atoms with E-state index in [9.17, 15) is 17.6 Å². The van der Waals surface area contributed by atoms with Crippen molar-refractivity contribution in [2.24, 2.45) is 5.73 Å². The molecule has 0 unspecified atom stereocenters. The monoisotopic (exact) mass is 449 g/mol. The minimum Gasteiger partial charge on any atom is -0.495 e. The summed E-state index contributed by atoms with van der Waals surface area (Å²) < 4.78 is 47.6. The minimum absolute atomic E-state index is 0.0296. The van der Waals surface area contributed by atoms with Gasteiger partial charge in [-0.2, -0.15) is 0 Å². The maximum Gasteiger partial charge on any atom is 0.263 e. The zero-order valence-electron chi connectivity index (χ0n) is 15.7. The van der Waals surface area contributed by atoms with Crippen LogP contribution < -0.4 is 15.2 Å². The lowest BCUT2D eigenvalue weighted by Gasteiger charge is -2.15. The van der Waals surface area contributed by atoms with E-state index in [1.165, 1.54) is 55.9 Å². The van der Waals surface area contributed by atoms with E-state index < -0.39 is 21.7 Å². The summed E-state index contributed by atoms with van der Waals surface area (Å²) in [6, 6.07) is 9.93. The molecule has 0 aliphatic rings. The van der Waals surface area contributed by atoms with Crippen LogP contribution in [-0.2, 0) is 16.4 Å². The van der Waals surface area contributed by atoms with Crippen LogP contribution in [0, 0.1) is 5.82 Å². The van der Waals surface area contributed by atoms with E-state index in [1.54, 1.807) is 6.07 Å². The Hall–Kier alpha value is -3.17. The van der Waals surface area contributed by atoms with Crippen molar-refractivity contribution in [3.8, 4) is 5.75 Å². The molecule has 0 atom stereocenters. The largest absolute Gasteiger partial charge is 0.495 e. The van der Waals surface area contributed by atoms with Gasteiger partial charge in [-0.15, -0.1) is 0 Å². The van der Waals surface area contributed by atoms with Gasteiger partial charge in [0.1, 0.15) is 16.5 Å². The van der Waals surface area contributed by atoms with E-state index in [0.717, 1.165) is 0 Å². The quantitative estimate of drug-likeness (QED) is 0.574. The average molecular weight is 450 g/mol. The molecule has 1 heterocycles. The molecule has 156 valence electrons. The van der Waals surface area contributed by atoms with Crippen LogP contribution >= 0.6 is 11.6 Å². The van der Waals surface area contributed by atoms with E-state index in [1.807, 2.05) is 0 Å². The predicted octanol–water partition coefficient (Wildman–Crippen LogP) is 3.37. The van der Waals surface area contributed by atoms with Crippen LogP contribution in [0.15, 0.2) is 59.8 Å². The smallest absolute Gasteiger partial charge is 0.263 e. The molecule has 1 amide bonds. The van der Waals surface area contributed by atoms with Crippen molar-refractivity contribution in [1.29, 1.82) is 0 Å². The van der Waals surface area contributed by atoms with Gasteiger partial charge in [0.15, 0.2) is 0 Å². The fourth-order valence-corrected chi connectivity index (χ4v) is 4.48. The number of hydrogen-bond donors (Lipinski definition) is 2. The summed E-state index contributed by atoms with van der Waals surface area (Å²) >= 11 is 5.71. The number of halogens is 2. The number of nitrogens with one attached hydrogen (secondary N) is 1. The van der Waals surface area contributed by atoms with Gasteiger partial charge in [0.2, 0.25) is 5.91 Å². The molecular formula is C20H17ClFN3O4S. The Kier molecular flexibility index (Phi) is 6.23. The minimum atomic E-state index is -4.25. The Morgan fingerprint density at radius 1 is 1.23 bits per heavy atom. The number of carbonyl (C=O) groups excluding carboxylic acids is 1. The molecule has 0 bridgehead atoms. The SMILES string of the molecule is COc1cncc(NS(=O)(=O)c2c(Cc3ccc(Cl)c(F)c3)cccc2C(N)=O)c1. The van der Waals surface area contributed by atoms with Crippen LogP contribution in [0.3, 0.4) is 0 Å². The predicted molar refractivity (Wildman–Crippen MR) is 111 cm³/mol. The molecule has 7 nitrogen and oxygen atoms in total. The Morgan fingerprint density at radius 3 is 2.67 bits per heavy atom. The van der Waals surface area contributed by atoms with Gasteiger partial charge >= 0.3 is 0 Å². The van der Waals surface area contributed by atoms with Crippen LogP contribution in [-0.4, -0.2) is 26.4 Å². The molecule has 2 aromatic carbocycles. The third kappa shape index (κ3) is 4.69. The highest BCUT2D eigenvalue weighted by atomic mass is 35.5. The zero-order chi connectivity index (χ0) is 21.9. The number of nitrogens with zero attached hydrogens (tertiary/aromatic N) is 1. The molecule has 0 saturated carbocycles. The molecule has 3 rings (SSSR count). The maximum atomic E-state index is 13.8. The molecule has 0 fully saturated rings. The van der Waals surface area contributed by atoms with Crippen molar-refractivity contribution >= 4 is 33.2 Å². The lowest BCUT2D eigenvalue weighted by molar-refractivity contribution is 0.0997. The first-order valence-electron chi connectivity index (χ1n) is 8.58. The molecule has 3 N–H and O–H groups in total. The van der Waals surface area contributed by atoms with Gasteiger partial charge in [0, 0.05) is 6.07 Å². The van der Waals surface area contributed by atoms with Crippen LogP contribution in [0.2, 0.25) is 5.02 Å². The summed E-state index contributed by atoms with van der Waals surface area (Å²) in [6.45, 7) is 0. The summed E-state index contributed by atoms with van der Waals surface area (Å²) in [4.78, 5) is 15.6. The normalized spacial score (nSPS) is 11.2. The number of methoxy groups -OCH3 is 1. The number of aromatic nitrogens is 1. The summed E-state index contributed by atoms with van der Waals surface area (Å²) in [5, 5.41) is -0.0512. The lowest BCUT2D eigenvalue weighted by atomic mass is 10.0. The highest BCUT2D eigenvalue weighted by Crippen LogP contribution is 2.27. The summed E-state index contributed by atoms with van der Waals surface area (Å²) in [7, 11) is -2.83. The van der Waals surface area contributed by atoms with Crippen molar-refractivity contribution in [2.45, 2.75) is 11.3 Å². The second kappa shape index (κ2) is 8.68. The molecule has 0 saturated heterocycles. The average Bonchev–Trinajstić information content (AvgIpc) is 2.70. The van der Waals surface area contributed by atoms with Crippen LogP contribution in [0.1, 0.15) is 21.5 Å². The summed E-state index contributed by atoms with van der Waals surface area (Å²) in [5.74, 6) is -1.20. The molecule has 10 heteroatoms. The first kappa shape index (κ1) is 21.5.